The fourth-order valence-corrected chi connectivity index (χ4v) is 7.55. The molecule has 0 bridgehead atoms. The van der Waals surface area contributed by atoms with Gasteiger partial charge in [-0.05, 0) is 91.5 Å². The second-order valence-electron chi connectivity index (χ2n) is 14.6. The summed E-state index contributed by atoms with van der Waals surface area (Å²) in [6.45, 7) is 9.05. The molecular weight excluding hydrogens is 591 g/mol. The predicted molar refractivity (Wildman–Crippen MR) is 202 cm³/mol. The van der Waals surface area contributed by atoms with Crippen LogP contribution in [0.1, 0.15) is 121 Å². The van der Waals surface area contributed by atoms with Crippen molar-refractivity contribution >= 4 is 17.2 Å². The highest BCUT2D eigenvalue weighted by atomic mass is 19.1. The number of carbonyl (C=O) groups is 1. The molecule has 2 aliphatic rings. The second kappa shape index (κ2) is 17.2. The molecule has 3 aromatic carbocycles. The third-order valence-corrected chi connectivity index (χ3v) is 10.7. The first kappa shape index (κ1) is 37.3. The molecule has 0 saturated carbocycles. The molecule has 0 aromatic heterocycles. The number of hydrogen-bond acceptors (Lipinski definition) is 2. The number of aryl methyl sites for hydroxylation is 2. The van der Waals surface area contributed by atoms with Gasteiger partial charge >= 0.3 is 0 Å². The van der Waals surface area contributed by atoms with Gasteiger partial charge in [0.1, 0.15) is 5.82 Å². The zero-order chi connectivity index (χ0) is 33.4. The molecule has 1 amide bonds. The number of unbranched alkanes of at least 4 members (excludes halogenated alkanes) is 4. The lowest BCUT2D eigenvalue weighted by atomic mass is 9.64. The number of allylic oxidation sites excluding steroid dienone is 3. The average molecular weight is 651 g/mol. The van der Waals surface area contributed by atoms with Gasteiger partial charge in [0.15, 0.2) is 0 Å². The number of benzene rings is 3. The third-order valence-electron chi connectivity index (χ3n) is 10.7. The van der Waals surface area contributed by atoms with Crippen LogP contribution < -0.4 is 10.6 Å². The van der Waals surface area contributed by atoms with Crippen LogP contribution in [0.5, 0.6) is 0 Å². The van der Waals surface area contributed by atoms with E-state index in [1.54, 1.807) is 12.1 Å². The molecular formula is C44H59FN2O. The van der Waals surface area contributed by atoms with Crippen molar-refractivity contribution < 1.29 is 9.18 Å². The van der Waals surface area contributed by atoms with Gasteiger partial charge < -0.3 is 10.6 Å². The molecule has 1 heterocycles. The third kappa shape index (κ3) is 9.14. The number of nitrogens with zero attached hydrogens (tertiary/aromatic N) is 1. The van der Waals surface area contributed by atoms with E-state index in [4.69, 9.17) is 5.73 Å². The number of carbonyl (C=O) groups excluding carboxylic acids is 1. The van der Waals surface area contributed by atoms with E-state index in [0.717, 1.165) is 30.0 Å². The van der Waals surface area contributed by atoms with Gasteiger partial charge in [-0.3, -0.25) is 4.79 Å². The molecule has 3 nitrogen and oxygen atoms in total. The van der Waals surface area contributed by atoms with Crippen LogP contribution in [0.4, 0.5) is 10.1 Å². The summed E-state index contributed by atoms with van der Waals surface area (Å²) in [6, 6.07) is 23.6. The Bertz CT molecular complexity index is 1520. The smallest absolute Gasteiger partial charge is 0.232 e. The van der Waals surface area contributed by atoms with Crippen molar-refractivity contribution in [3.63, 3.8) is 0 Å². The number of β-lactam (4-membered cyclic amide) rings is 1. The zero-order valence-electron chi connectivity index (χ0n) is 29.1. The van der Waals surface area contributed by atoms with Gasteiger partial charge in [-0.15, -0.1) is 0 Å². The minimum atomic E-state index is -0.266. The standard InChI is InChI=1S/C43H55FN2O.CH4/c1-5-6-7-8-9-11-31(2)14-17-33-12-10-13-36(30-33)34-26-28-43(4,29-27-34)41-39(24-25-40(45)35-18-20-37(44)21-19-35)42(47)46(41)38-22-15-32(3)16-23-38;/h10,12-13,15-16,18-23,26-28,30-31,39-41H,5-9,11,14,17,24-25,29,45H2,1-4H3;1H4. The van der Waals surface area contributed by atoms with Crippen molar-refractivity contribution in [3.8, 4) is 0 Å². The first-order valence-corrected chi connectivity index (χ1v) is 18.1. The van der Waals surface area contributed by atoms with Gasteiger partial charge in [0.2, 0.25) is 5.91 Å². The summed E-state index contributed by atoms with van der Waals surface area (Å²) >= 11 is 0. The van der Waals surface area contributed by atoms with Gasteiger partial charge in [0, 0.05) is 17.1 Å². The van der Waals surface area contributed by atoms with E-state index >= 15 is 0 Å². The van der Waals surface area contributed by atoms with Gasteiger partial charge in [-0.1, -0.05) is 139 Å². The normalized spacial score (nSPS) is 21.7. The van der Waals surface area contributed by atoms with Crippen molar-refractivity contribution in [2.75, 3.05) is 4.90 Å². The van der Waals surface area contributed by atoms with Crippen molar-refractivity contribution in [1.29, 1.82) is 0 Å². The topological polar surface area (TPSA) is 46.3 Å². The second-order valence-corrected chi connectivity index (χ2v) is 14.6. The highest BCUT2D eigenvalue weighted by molar-refractivity contribution is 6.03. The monoisotopic (exact) mass is 650 g/mol. The largest absolute Gasteiger partial charge is 0.324 e. The molecule has 1 aliphatic carbocycles. The summed E-state index contributed by atoms with van der Waals surface area (Å²) in [6.07, 6.45) is 19.7. The number of nitrogens with two attached hydrogens (primary N) is 1. The maximum atomic E-state index is 13.8. The maximum Gasteiger partial charge on any atom is 0.232 e. The van der Waals surface area contributed by atoms with E-state index in [0.29, 0.717) is 12.8 Å². The lowest BCUT2D eigenvalue weighted by Gasteiger charge is -2.55. The van der Waals surface area contributed by atoms with Crippen molar-refractivity contribution in [1.82, 2.24) is 0 Å². The minimum absolute atomic E-state index is 0. The Morgan fingerprint density at radius 2 is 1.69 bits per heavy atom. The molecule has 1 fully saturated rings. The van der Waals surface area contributed by atoms with Gasteiger partial charge in [-0.25, -0.2) is 4.39 Å². The van der Waals surface area contributed by atoms with E-state index < -0.39 is 0 Å². The highest BCUT2D eigenvalue weighted by Gasteiger charge is 2.55. The summed E-state index contributed by atoms with van der Waals surface area (Å²) in [4.78, 5) is 15.8. The van der Waals surface area contributed by atoms with E-state index in [1.807, 2.05) is 4.90 Å². The van der Waals surface area contributed by atoms with Crippen LogP contribution in [0.2, 0.25) is 0 Å². The van der Waals surface area contributed by atoms with Gasteiger partial charge in [0.25, 0.3) is 0 Å². The first-order chi connectivity index (χ1) is 22.7. The quantitative estimate of drug-likeness (QED) is 0.124. The molecule has 5 rings (SSSR count). The summed E-state index contributed by atoms with van der Waals surface area (Å²) in [5.41, 5.74) is 13.3. The minimum Gasteiger partial charge on any atom is -0.324 e. The van der Waals surface area contributed by atoms with Gasteiger partial charge in [0.05, 0.1) is 12.0 Å². The molecule has 0 spiro atoms. The molecule has 1 aliphatic heterocycles. The van der Waals surface area contributed by atoms with E-state index in [2.05, 4.69) is 94.5 Å². The molecule has 5 unspecified atom stereocenters. The summed E-state index contributed by atoms with van der Waals surface area (Å²) in [5, 5.41) is 0. The average Bonchev–Trinajstić information content (AvgIpc) is 3.07. The summed E-state index contributed by atoms with van der Waals surface area (Å²) in [7, 11) is 0. The van der Waals surface area contributed by atoms with Crippen LogP contribution in [-0.4, -0.2) is 11.9 Å². The number of halogens is 1. The maximum absolute atomic E-state index is 13.8. The van der Waals surface area contributed by atoms with Crippen LogP contribution in [0.15, 0.2) is 91.0 Å². The lowest BCUT2D eigenvalue weighted by Crippen LogP contribution is -2.67. The Balaban J connectivity index is 0.00000520. The zero-order valence-corrected chi connectivity index (χ0v) is 29.1. The number of amides is 1. The summed E-state index contributed by atoms with van der Waals surface area (Å²) < 4.78 is 13.5. The predicted octanol–water partition coefficient (Wildman–Crippen LogP) is 11.6. The van der Waals surface area contributed by atoms with E-state index in [1.165, 1.54) is 79.3 Å². The first-order valence-electron chi connectivity index (χ1n) is 18.1. The molecule has 4 heteroatoms. The van der Waals surface area contributed by atoms with Crippen molar-refractivity contribution in [2.45, 2.75) is 118 Å². The van der Waals surface area contributed by atoms with Crippen LogP contribution in [0.3, 0.4) is 0 Å². The van der Waals surface area contributed by atoms with Crippen LogP contribution in [0, 0.1) is 30.0 Å². The van der Waals surface area contributed by atoms with E-state index in [9.17, 15) is 9.18 Å². The van der Waals surface area contributed by atoms with Crippen LogP contribution >= 0.6 is 0 Å². The Hall–Kier alpha value is -3.50. The lowest BCUT2D eigenvalue weighted by molar-refractivity contribution is -0.133. The van der Waals surface area contributed by atoms with Crippen LogP contribution in [0.25, 0.3) is 5.57 Å². The Morgan fingerprint density at radius 1 is 0.958 bits per heavy atom. The fourth-order valence-electron chi connectivity index (χ4n) is 7.55. The molecule has 1 saturated heterocycles. The van der Waals surface area contributed by atoms with Gasteiger partial charge in [-0.2, -0.15) is 0 Å². The molecule has 5 atom stereocenters. The molecule has 0 radical (unpaired) electrons. The summed E-state index contributed by atoms with van der Waals surface area (Å²) in [5.74, 6) is 0.537. The van der Waals surface area contributed by atoms with Crippen LogP contribution in [-0.2, 0) is 11.2 Å². The number of hydrogen-bond donors (Lipinski definition) is 1. The Morgan fingerprint density at radius 3 is 2.38 bits per heavy atom. The van der Waals surface area contributed by atoms with Crippen molar-refractivity contribution in [3.05, 3.63) is 119 Å². The van der Waals surface area contributed by atoms with E-state index in [-0.39, 0.29) is 42.6 Å². The Kier molecular flexibility index (Phi) is 13.4. The SMILES string of the molecule is C.CCCCCCCC(C)CCc1cccc(C2=CCC(C)(C3C(CCC(N)c4ccc(F)cc4)C(=O)N3c3ccc(C)cc3)C=C2)c1. The number of anilines is 1. The Labute approximate surface area is 290 Å². The van der Waals surface area contributed by atoms with Crippen molar-refractivity contribution in [2.24, 2.45) is 23.0 Å². The molecule has 258 valence electrons. The molecule has 48 heavy (non-hydrogen) atoms. The number of rotatable bonds is 16. The highest BCUT2D eigenvalue weighted by Crippen LogP contribution is 2.49. The molecule has 2 N–H and O–H groups in total. The fraction of sp³-hybridized carbons (Fsp3) is 0.477. The molecule has 3 aromatic rings.